The smallest absolute Gasteiger partial charge is 0.273 e. The first-order chi connectivity index (χ1) is 14.5. The Hall–Kier alpha value is -3.54. The van der Waals surface area contributed by atoms with Crippen LogP contribution in [0.1, 0.15) is 40.7 Å². The molecule has 2 aromatic carbocycles. The van der Waals surface area contributed by atoms with Gasteiger partial charge >= 0.3 is 0 Å². The van der Waals surface area contributed by atoms with Gasteiger partial charge in [0.25, 0.3) is 5.91 Å². The Bertz CT molecular complexity index is 1040. The van der Waals surface area contributed by atoms with Gasteiger partial charge in [-0.2, -0.15) is 5.10 Å². The van der Waals surface area contributed by atoms with Gasteiger partial charge in [0.2, 0.25) is 0 Å². The van der Waals surface area contributed by atoms with Gasteiger partial charge < -0.3 is 14.0 Å². The third-order valence-corrected chi connectivity index (χ3v) is 4.72. The van der Waals surface area contributed by atoms with Crippen LogP contribution in [0, 0.1) is 13.8 Å². The largest absolute Gasteiger partial charge is 0.493 e. The maximum absolute atomic E-state index is 12.7. The molecule has 0 saturated heterocycles. The zero-order valence-electron chi connectivity index (χ0n) is 17.8. The fourth-order valence-corrected chi connectivity index (χ4v) is 3.29. The van der Waals surface area contributed by atoms with Crippen LogP contribution in [-0.2, 0) is 0 Å². The molecule has 3 rings (SSSR count). The van der Waals surface area contributed by atoms with Crippen molar-refractivity contribution in [3.63, 3.8) is 0 Å². The van der Waals surface area contributed by atoms with E-state index < -0.39 is 0 Å². The van der Waals surface area contributed by atoms with Crippen molar-refractivity contribution >= 4 is 12.1 Å². The summed E-state index contributed by atoms with van der Waals surface area (Å²) in [5.41, 5.74) is 6.87. The van der Waals surface area contributed by atoms with Crippen LogP contribution in [-0.4, -0.2) is 30.4 Å². The summed E-state index contributed by atoms with van der Waals surface area (Å²) in [5.74, 6) is 1.07. The number of para-hydroxylation sites is 1. The topological polar surface area (TPSA) is 64.8 Å². The van der Waals surface area contributed by atoms with Gasteiger partial charge in [0, 0.05) is 17.1 Å². The van der Waals surface area contributed by atoms with Crippen molar-refractivity contribution in [2.24, 2.45) is 5.10 Å². The van der Waals surface area contributed by atoms with Crippen molar-refractivity contribution in [3.8, 4) is 17.2 Å². The predicted molar refractivity (Wildman–Crippen MR) is 119 cm³/mol. The maximum atomic E-state index is 12.7. The number of carbonyl (C=O) groups excluding carboxylic acids is 1. The second kappa shape index (κ2) is 9.78. The number of aromatic nitrogens is 1. The van der Waals surface area contributed by atoms with Crippen LogP contribution in [0.4, 0.5) is 0 Å². The fraction of sp³-hybridized carbons (Fsp3) is 0.250. The second-order valence-electron chi connectivity index (χ2n) is 6.91. The Morgan fingerprint density at radius 3 is 2.57 bits per heavy atom. The summed E-state index contributed by atoms with van der Waals surface area (Å²) in [6.45, 7) is 6.59. The monoisotopic (exact) mass is 405 g/mol. The summed E-state index contributed by atoms with van der Waals surface area (Å²) in [7, 11) is 1.60. The minimum Gasteiger partial charge on any atom is -0.493 e. The van der Waals surface area contributed by atoms with Crippen molar-refractivity contribution < 1.29 is 14.3 Å². The quantitative estimate of drug-likeness (QED) is 0.438. The number of hydrazone groups is 1. The molecule has 0 aliphatic heterocycles. The molecule has 0 aliphatic rings. The van der Waals surface area contributed by atoms with E-state index >= 15 is 0 Å². The van der Waals surface area contributed by atoms with Crippen LogP contribution < -0.4 is 14.9 Å². The lowest BCUT2D eigenvalue weighted by atomic mass is 10.2. The summed E-state index contributed by atoms with van der Waals surface area (Å²) < 4.78 is 13.1. The molecule has 6 heteroatoms. The number of nitrogens with one attached hydrogen (secondary N) is 1. The second-order valence-corrected chi connectivity index (χ2v) is 6.91. The first-order valence-corrected chi connectivity index (χ1v) is 9.93. The predicted octanol–water partition coefficient (Wildman–Crippen LogP) is 4.66. The van der Waals surface area contributed by atoms with Crippen LogP contribution in [0.5, 0.6) is 11.5 Å². The van der Waals surface area contributed by atoms with E-state index in [1.165, 1.54) is 0 Å². The first kappa shape index (κ1) is 21.2. The number of amides is 1. The van der Waals surface area contributed by atoms with Crippen molar-refractivity contribution in [3.05, 3.63) is 77.1 Å². The number of hydrogen-bond acceptors (Lipinski definition) is 4. The van der Waals surface area contributed by atoms with E-state index in [0.717, 1.165) is 29.1 Å². The fourth-order valence-electron chi connectivity index (χ4n) is 3.29. The molecule has 0 radical (unpaired) electrons. The number of nitrogens with zero attached hydrogens (tertiary/aromatic N) is 2. The molecule has 0 spiro atoms. The van der Waals surface area contributed by atoms with Gasteiger partial charge in [-0.25, -0.2) is 5.43 Å². The molecule has 0 bridgehead atoms. The van der Waals surface area contributed by atoms with Crippen molar-refractivity contribution in [1.82, 2.24) is 9.99 Å². The standard InChI is InChI=1S/C24H27N3O3/c1-5-13-30-22-12-11-19(15-23(22)29-4)16-25-26-24(28)21-14-17(2)27(18(21)3)20-9-7-6-8-10-20/h6-12,14-16H,5,13H2,1-4H3,(H,26,28)/b25-16-. The molecule has 1 heterocycles. The van der Waals surface area contributed by atoms with Gasteiger partial charge in [0.05, 0.1) is 25.5 Å². The van der Waals surface area contributed by atoms with Gasteiger partial charge in [-0.05, 0) is 62.2 Å². The summed E-state index contributed by atoms with van der Waals surface area (Å²) in [5, 5.41) is 4.11. The van der Waals surface area contributed by atoms with Crippen LogP contribution in [0.2, 0.25) is 0 Å². The zero-order valence-corrected chi connectivity index (χ0v) is 17.8. The average molecular weight is 405 g/mol. The van der Waals surface area contributed by atoms with Gasteiger partial charge in [0.15, 0.2) is 11.5 Å². The molecular formula is C24H27N3O3. The molecule has 0 atom stereocenters. The number of hydrogen-bond donors (Lipinski definition) is 1. The van der Waals surface area contributed by atoms with Gasteiger partial charge in [-0.3, -0.25) is 4.79 Å². The molecule has 30 heavy (non-hydrogen) atoms. The lowest BCUT2D eigenvalue weighted by Crippen LogP contribution is -2.18. The van der Waals surface area contributed by atoms with E-state index in [1.54, 1.807) is 13.3 Å². The van der Waals surface area contributed by atoms with Gasteiger partial charge in [0.1, 0.15) is 0 Å². The van der Waals surface area contributed by atoms with E-state index in [-0.39, 0.29) is 5.91 Å². The Kier molecular flexibility index (Phi) is 6.91. The SMILES string of the molecule is CCCOc1ccc(/C=N\NC(=O)c2cc(C)n(-c3ccccc3)c2C)cc1OC. The highest BCUT2D eigenvalue weighted by Gasteiger charge is 2.16. The number of aryl methyl sites for hydroxylation is 1. The zero-order chi connectivity index (χ0) is 21.5. The van der Waals surface area contributed by atoms with Crippen molar-refractivity contribution in [2.75, 3.05) is 13.7 Å². The Balaban J connectivity index is 1.72. The molecule has 6 nitrogen and oxygen atoms in total. The molecule has 3 aromatic rings. The highest BCUT2D eigenvalue weighted by atomic mass is 16.5. The van der Waals surface area contributed by atoms with E-state index in [0.29, 0.717) is 23.7 Å². The first-order valence-electron chi connectivity index (χ1n) is 9.93. The van der Waals surface area contributed by atoms with E-state index in [2.05, 4.69) is 15.1 Å². The number of ether oxygens (including phenoxy) is 2. The molecule has 1 amide bonds. The summed E-state index contributed by atoms with van der Waals surface area (Å²) in [4.78, 5) is 12.7. The summed E-state index contributed by atoms with van der Waals surface area (Å²) in [6.07, 6.45) is 2.50. The molecule has 0 unspecified atom stereocenters. The average Bonchev–Trinajstić information content (AvgIpc) is 3.07. The molecule has 1 aromatic heterocycles. The van der Waals surface area contributed by atoms with E-state index in [9.17, 15) is 4.79 Å². The number of carbonyl (C=O) groups is 1. The van der Waals surface area contributed by atoms with Gasteiger partial charge in [-0.15, -0.1) is 0 Å². The van der Waals surface area contributed by atoms with Crippen LogP contribution in [0.3, 0.4) is 0 Å². The van der Waals surface area contributed by atoms with Gasteiger partial charge in [-0.1, -0.05) is 25.1 Å². The number of methoxy groups -OCH3 is 1. The molecule has 1 N–H and O–H groups in total. The van der Waals surface area contributed by atoms with E-state index in [4.69, 9.17) is 9.47 Å². The molecule has 0 aliphatic carbocycles. The highest BCUT2D eigenvalue weighted by molar-refractivity contribution is 5.96. The van der Waals surface area contributed by atoms with Crippen molar-refractivity contribution in [2.45, 2.75) is 27.2 Å². The van der Waals surface area contributed by atoms with E-state index in [1.807, 2.05) is 75.4 Å². The Morgan fingerprint density at radius 2 is 1.87 bits per heavy atom. The van der Waals surface area contributed by atoms with Crippen LogP contribution >= 0.6 is 0 Å². The minimum atomic E-state index is -0.253. The maximum Gasteiger partial charge on any atom is 0.273 e. The van der Waals surface area contributed by atoms with Crippen LogP contribution in [0.25, 0.3) is 5.69 Å². The number of rotatable bonds is 8. The molecule has 156 valence electrons. The molecule has 0 fully saturated rings. The Labute approximate surface area is 177 Å². The Morgan fingerprint density at radius 1 is 1.10 bits per heavy atom. The lowest BCUT2D eigenvalue weighted by molar-refractivity contribution is 0.0954. The lowest BCUT2D eigenvalue weighted by Gasteiger charge is -2.10. The summed E-state index contributed by atoms with van der Waals surface area (Å²) in [6, 6.07) is 17.4. The summed E-state index contributed by atoms with van der Waals surface area (Å²) >= 11 is 0. The third kappa shape index (κ3) is 4.71. The molecular weight excluding hydrogens is 378 g/mol. The normalized spacial score (nSPS) is 10.9. The van der Waals surface area contributed by atoms with Crippen LogP contribution in [0.15, 0.2) is 59.7 Å². The third-order valence-electron chi connectivity index (χ3n) is 4.72. The molecule has 0 saturated carbocycles. The van der Waals surface area contributed by atoms with Crippen molar-refractivity contribution in [1.29, 1.82) is 0 Å². The number of benzene rings is 2. The minimum absolute atomic E-state index is 0.253. The highest BCUT2D eigenvalue weighted by Crippen LogP contribution is 2.27.